The fourth-order valence-corrected chi connectivity index (χ4v) is 4.35. The number of carbonyl (C=O) groups is 2. The number of hydrogen-bond donors (Lipinski definition) is 2. The number of nitrogens with one attached hydrogen (secondary N) is 2. The maximum Gasteiger partial charge on any atom is 0.313 e. The van der Waals surface area contributed by atoms with Crippen LogP contribution in [0.4, 0.5) is 15.8 Å². The molecular formula is C23H26ClFN4O3. The number of hydrogen-bond acceptors (Lipinski definition) is 5. The molecule has 1 atom stereocenters. The number of nitrogens with zero attached hydrogens (tertiary/aromatic N) is 2. The number of morpholine rings is 1. The van der Waals surface area contributed by atoms with Crippen molar-refractivity contribution < 1.29 is 18.7 Å². The maximum absolute atomic E-state index is 13.3. The molecule has 2 aromatic carbocycles. The molecule has 0 spiro atoms. The first-order chi connectivity index (χ1) is 15.4. The lowest BCUT2D eigenvalue weighted by Gasteiger charge is -2.35. The number of ether oxygens (including phenoxy) is 1. The lowest BCUT2D eigenvalue weighted by molar-refractivity contribution is -0.136. The second-order valence-corrected chi connectivity index (χ2v) is 8.42. The predicted molar refractivity (Wildman–Crippen MR) is 122 cm³/mol. The molecule has 2 amide bonds. The van der Waals surface area contributed by atoms with Crippen LogP contribution in [-0.2, 0) is 20.7 Å². The molecule has 2 heterocycles. The molecule has 0 radical (unpaired) electrons. The summed E-state index contributed by atoms with van der Waals surface area (Å²) in [6, 6.07) is 10.1. The molecule has 2 aliphatic rings. The molecule has 2 N–H and O–H groups in total. The Kier molecular flexibility index (Phi) is 6.93. The molecule has 0 unspecified atom stereocenters. The van der Waals surface area contributed by atoms with Gasteiger partial charge < -0.3 is 20.3 Å². The van der Waals surface area contributed by atoms with Gasteiger partial charge in [-0.05, 0) is 41.8 Å². The summed E-state index contributed by atoms with van der Waals surface area (Å²) in [6.45, 7) is 4.03. The van der Waals surface area contributed by atoms with Crippen molar-refractivity contribution in [3.8, 4) is 0 Å². The van der Waals surface area contributed by atoms with Gasteiger partial charge in [-0.2, -0.15) is 0 Å². The fraction of sp³-hybridized carbons (Fsp3) is 0.391. The van der Waals surface area contributed by atoms with Gasteiger partial charge in [-0.1, -0.05) is 23.7 Å². The van der Waals surface area contributed by atoms with Crippen LogP contribution in [0, 0.1) is 5.82 Å². The summed E-state index contributed by atoms with van der Waals surface area (Å²) in [6.07, 6.45) is 0.991. The van der Waals surface area contributed by atoms with Gasteiger partial charge in [-0.3, -0.25) is 14.5 Å². The minimum Gasteiger partial charge on any atom is -0.379 e. The number of rotatable bonds is 5. The number of carbonyl (C=O) groups excluding carboxylic acids is 2. The van der Waals surface area contributed by atoms with Crippen LogP contribution in [0.25, 0.3) is 0 Å². The minimum absolute atomic E-state index is 0.0767. The molecule has 0 aliphatic carbocycles. The molecule has 7 nitrogen and oxygen atoms in total. The van der Waals surface area contributed by atoms with E-state index in [1.807, 2.05) is 0 Å². The van der Waals surface area contributed by atoms with Gasteiger partial charge in [0.2, 0.25) is 0 Å². The second-order valence-electron chi connectivity index (χ2n) is 8.02. The van der Waals surface area contributed by atoms with Crippen LogP contribution in [0.2, 0.25) is 5.02 Å². The molecule has 1 saturated heterocycles. The summed E-state index contributed by atoms with van der Waals surface area (Å²) in [4.78, 5) is 29.3. The molecule has 0 bridgehead atoms. The van der Waals surface area contributed by atoms with Crippen LogP contribution in [0.1, 0.15) is 17.2 Å². The maximum atomic E-state index is 13.3. The van der Waals surface area contributed by atoms with Crippen molar-refractivity contribution in [1.82, 2.24) is 10.2 Å². The molecular weight excluding hydrogens is 435 g/mol. The Hall–Kier alpha value is -2.68. The summed E-state index contributed by atoms with van der Waals surface area (Å²) in [5.41, 5.74) is 3.88. The average molecular weight is 461 g/mol. The van der Waals surface area contributed by atoms with Gasteiger partial charge in [-0.25, -0.2) is 4.39 Å². The Labute approximate surface area is 191 Å². The third-order valence-electron chi connectivity index (χ3n) is 5.94. The van der Waals surface area contributed by atoms with Crippen LogP contribution < -0.4 is 15.5 Å². The molecule has 4 rings (SSSR count). The summed E-state index contributed by atoms with van der Waals surface area (Å²) in [7, 11) is 2.08. The lowest BCUT2D eigenvalue weighted by Crippen LogP contribution is -2.45. The zero-order chi connectivity index (χ0) is 22.7. The average Bonchev–Trinajstić information content (AvgIpc) is 3.17. The van der Waals surface area contributed by atoms with Crippen molar-refractivity contribution in [1.29, 1.82) is 0 Å². The van der Waals surface area contributed by atoms with E-state index in [0.717, 1.165) is 37.7 Å². The summed E-state index contributed by atoms with van der Waals surface area (Å²) in [5.74, 6) is -2.18. The van der Waals surface area contributed by atoms with E-state index in [1.165, 1.54) is 23.4 Å². The molecule has 32 heavy (non-hydrogen) atoms. The number of anilines is 2. The summed E-state index contributed by atoms with van der Waals surface area (Å²) >= 11 is 5.74. The lowest BCUT2D eigenvalue weighted by atomic mass is 10.0. The Morgan fingerprint density at radius 3 is 2.66 bits per heavy atom. The molecule has 9 heteroatoms. The van der Waals surface area contributed by atoms with E-state index >= 15 is 0 Å². The Morgan fingerprint density at radius 2 is 1.91 bits per heavy atom. The molecule has 0 saturated carbocycles. The topological polar surface area (TPSA) is 73.9 Å². The van der Waals surface area contributed by atoms with Gasteiger partial charge >= 0.3 is 11.8 Å². The molecule has 170 valence electrons. The SMILES string of the molecule is CN1CCc2cc([C@@H](CNC(=O)C(=O)Nc3ccc(F)c(Cl)c3)N3CCOCC3)ccc21. The standard InChI is InChI=1S/C23H26ClFN4O3/c1-28-7-6-16-12-15(2-5-20(16)28)21(29-8-10-32-11-9-29)14-26-22(30)23(31)27-17-3-4-19(25)18(24)13-17/h2-5,12-13,21H,6-11,14H2,1H3,(H,26,30)(H,27,31)/t21-/m1/s1. The van der Waals surface area contributed by atoms with Crippen LogP contribution >= 0.6 is 11.6 Å². The molecule has 2 aromatic rings. The smallest absolute Gasteiger partial charge is 0.313 e. The monoisotopic (exact) mass is 460 g/mol. The quantitative estimate of drug-likeness (QED) is 0.671. The van der Waals surface area contributed by atoms with Crippen molar-refractivity contribution in [2.45, 2.75) is 12.5 Å². The molecule has 1 fully saturated rings. The van der Waals surface area contributed by atoms with Gasteiger partial charge in [0.15, 0.2) is 0 Å². The fourth-order valence-electron chi connectivity index (χ4n) is 4.17. The van der Waals surface area contributed by atoms with Crippen LogP contribution in [0.3, 0.4) is 0 Å². The van der Waals surface area contributed by atoms with Crippen LogP contribution in [0.15, 0.2) is 36.4 Å². The predicted octanol–water partition coefficient (Wildman–Crippen LogP) is 2.60. The number of likely N-dealkylation sites (N-methyl/N-ethyl adjacent to an activating group) is 1. The van der Waals surface area contributed by atoms with E-state index in [9.17, 15) is 14.0 Å². The second kappa shape index (κ2) is 9.85. The summed E-state index contributed by atoms with van der Waals surface area (Å²) in [5, 5.41) is 5.07. The van der Waals surface area contributed by atoms with Gasteiger partial charge in [0.25, 0.3) is 0 Å². The third kappa shape index (κ3) is 5.03. The number of benzene rings is 2. The minimum atomic E-state index is -0.830. The zero-order valence-corrected chi connectivity index (χ0v) is 18.6. The van der Waals surface area contributed by atoms with E-state index < -0.39 is 17.6 Å². The van der Waals surface area contributed by atoms with Crippen molar-refractivity contribution in [3.05, 3.63) is 58.4 Å². The first-order valence-corrected chi connectivity index (χ1v) is 11.0. The Morgan fingerprint density at radius 1 is 1.12 bits per heavy atom. The van der Waals surface area contributed by atoms with E-state index in [-0.39, 0.29) is 23.3 Å². The zero-order valence-electron chi connectivity index (χ0n) is 17.9. The van der Waals surface area contributed by atoms with Gasteiger partial charge in [0, 0.05) is 44.6 Å². The first kappa shape index (κ1) is 22.5. The number of amides is 2. The first-order valence-electron chi connectivity index (χ1n) is 10.6. The van der Waals surface area contributed by atoms with E-state index in [2.05, 4.69) is 45.7 Å². The van der Waals surface area contributed by atoms with Crippen molar-refractivity contribution >= 4 is 34.8 Å². The van der Waals surface area contributed by atoms with Crippen LogP contribution in [0.5, 0.6) is 0 Å². The highest BCUT2D eigenvalue weighted by atomic mass is 35.5. The normalized spacial score (nSPS) is 17.0. The Balaban J connectivity index is 1.44. The van der Waals surface area contributed by atoms with Crippen molar-refractivity contribution in [3.63, 3.8) is 0 Å². The summed E-state index contributed by atoms with van der Waals surface area (Å²) < 4.78 is 18.8. The van der Waals surface area contributed by atoms with Crippen molar-refractivity contribution in [2.24, 2.45) is 0 Å². The third-order valence-corrected chi connectivity index (χ3v) is 6.23. The van der Waals surface area contributed by atoms with E-state index in [1.54, 1.807) is 0 Å². The highest BCUT2D eigenvalue weighted by Gasteiger charge is 2.26. The molecule has 0 aromatic heterocycles. The highest BCUT2D eigenvalue weighted by molar-refractivity contribution is 6.39. The van der Waals surface area contributed by atoms with Crippen molar-refractivity contribution in [2.75, 3.05) is 56.7 Å². The van der Waals surface area contributed by atoms with Crippen LogP contribution in [-0.4, -0.2) is 63.2 Å². The highest BCUT2D eigenvalue weighted by Crippen LogP contribution is 2.31. The van der Waals surface area contributed by atoms with E-state index in [0.29, 0.717) is 13.2 Å². The number of fused-ring (bicyclic) bond motifs is 1. The Bertz CT molecular complexity index is 1010. The van der Waals surface area contributed by atoms with E-state index in [4.69, 9.17) is 16.3 Å². The van der Waals surface area contributed by atoms with Gasteiger partial charge in [-0.15, -0.1) is 0 Å². The number of halogens is 2. The largest absolute Gasteiger partial charge is 0.379 e. The van der Waals surface area contributed by atoms with Gasteiger partial charge in [0.1, 0.15) is 5.82 Å². The van der Waals surface area contributed by atoms with Gasteiger partial charge in [0.05, 0.1) is 24.3 Å². The molecule has 2 aliphatic heterocycles.